The molecule has 3 N–H and O–H groups in total. The van der Waals surface area contributed by atoms with E-state index in [0.29, 0.717) is 18.8 Å². The maximum atomic E-state index is 11.6. The molecule has 8 heteroatoms. The summed E-state index contributed by atoms with van der Waals surface area (Å²) in [5, 5.41) is 13.3. The summed E-state index contributed by atoms with van der Waals surface area (Å²) < 4.78 is 1.46. The molecule has 0 spiro atoms. The zero-order valence-electron chi connectivity index (χ0n) is 9.96. The Balaban J connectivity index is 1.81. The highest BCUT2D eigenvalue weighted by molar-refractivity contribution is 7.09. The van der Waals surface area contributed by atoms with Gasteiger partial charge in [0.2, 0.25) is 5.91 Å². The predicted octanol–water partition coefficient (Wildman–Crippen LogP) is -0.182. The van der Waals surface area contributed by atoms with E-state index >= 15 is 0 Å². The SMILES string of the molecule is Cc1nc(CNC(=O)Cn2cc(CN)nn2)cs1. The molecule has 0 aliphatic carbocycles. The third kappa shape index (κ3) is 3.34. The first-order chi connectivity index (χ1) is 8.67. The molecule has 2 rings (SSSR count). The number of nitrogens with one attached hydrogen (secondary N) is 1. The number of amides is 1. The first-order valence-corrected chi connectivity index (χ1v) is 6.32. The van der Waals surface area contributed by atoms with E-state index in [1.807, 2.05) is 12.3 Å². The molecule has 18 heavy (non-hydrogen) atoms. The maximum Gasteiger partial charge on any atom is 0.242 e. The highest BCUT2D eigenvalue weighted by Gasteiger charge is 2.06. The molecule has 2 aromatic heterocycles. The third-order valence-electron chi connectivity index (χ3n) is 2.23. The molecule has 0 bridgehead atoms. The second kappa shape index (κ2) is 5.69. The summed E-state index contributed by atoms with van der Waals surface area (Å²) in [6, 6.07) is 0. The Labute approximate surface area is 108 Å². The van der Waals surface area contributed by atoms with Crippen LogP contribution in [0.25, 0.3) is 0 Å². The summed E-state index contributed by atoms with van der Waals surface area (Å²) in [5.41, 5.74) is 6.94. The Morgan fingerprint density at radius 3 is 3.00 bits per heavy atom. The minimum absolute atomic E-state index is 0.130. The number of thiazole rings is 1. The highest BCUT2D eigenvalue weighted by Crippen LogP contribution is 2.07. The number of aromatic nitrogens is 4. The average Bonchev–Trinajstić information content (AvgIpc) is 2.95. The molecule has 7 nitrogen and oxygen atoms in total. The first kappa shape index (κ1) is 12.7. The summed E-state index contributed by atoms with van der Waals surface area (Å²) in [6.45, 7) is 2.82. The minimum Gasteiger partial charge on any atom is -0.349 e. The van der Waals surface area contributed by atoms with Gasteiger partial charge in [-0.1, -0.05) is 5.21 Å². The van der Waals surface area contributed by atoms with E-state index in [9.17, 15) is 4.79 Å². The van der Waals surface area contributed by atoms with Crippen molar-refractivity contribution in [3.63, 3.8) is 0 Å². The number of hydrogen-bond acceptors (Lipinski definition) is 6. The van der Waals surface area contributed by atoms with Crippen LogP contribution in [0.5, 0.6) is 0 Å². The van der Waals surface area contributed by atoms with E-state index < -0.39 is 0 Å². The van der Waals surface area contributed by atoms with Crippen molar-refractivity contribution in [2.45, 2.75) is 26.6 Å². The first-order valence-electron chi connectivity index (χ1n) is 5.44. The Morgan fingerprint density at radius 1 is 1.56 bits per heavy atom. The van der Waals surface area contributed by atoms with Gasteiger partial charge in [0.1, 0.15) is 6.54 Å². The lowest BCUT2D eigenvalue weighted by atomic mass is 10.4. The average molecular weight is 266 g/mol. The summed E-state index contributed by atoms with van der Waals surface area (Å²) >= 11 is 1.56. The molecule has 0 unspecified atom stereocenters. The Kier molecular flexibility index (Phi) is 4.00. The molecule has 0 aliphatic rings. The zero-order valence-corrected chi connectivity index (χ0v) is 10.8. The van der Waals surface area contributed by atoms with Crippen LogP contribution >= 0.6 is 11.3 Å². The van der Waals surface area contributed by atoms with Crippen molar-refractivity contribution < 1.29 is 4.79 Å². The zero-order chi connectivity index (χ0) is 13.0. The van der Waals surface area contributed by atoms with Crippen molar-refractivity contribution >= 4 is 17.2 Å². The topological polar surface area (TPSA) is 98.7 Å². The van der Waals surface area contributed by atoms with Crippen LogP contribution in [0.4, 0.5) is 0 Å². The van der Waals surface area contributed by atoms with Gasteiger partial charge in [-0.3, -0.25) is 4.79 Å². The third-order valence-corrected chi connectivity index (χ3v) is 3.06. The monoisotopic (exact) mass is 266 g/mol. The smallest absolute Gasteiger partial charge is 0.242 e. The van der Waals surface area contributed by atoms with Gasteiger partial charge >= 0.3 is 0 Å². The van der Waals surface area contributed by atoms with E-state index in [0.717, 1.165) is 10.7 Å². The molecule has 96 valence electrons. The molecule has 1 amide bonds. The fourth-order valence-corrected chi connectivity index (χ4v) is 2.00. The lowest BCUT2D eigenvalue weighted by Gasteiger charge is -2.02. The van der Waals surface area contributed by atoms with Gasteiger partial charge in [0.25, 0.3) is 0 Å². The normalized spacial score (nSPS) is 10.6. The summed E-state index contributed by atoms with van der Waals surface area (Å²) in [7, 11) is 0. The van der Waals surface area contributed by atoms with Crippen LogP contribution in [-0.4, -0.2) is 25.9 Å². The Morgan fingerprint density at radius 2 is 2.39 bits per heavy atom. The van der Waals surface area contributed by atoms with Gasteiger partial charge in [-0.05, 0) is 6.92 Å². The van der Waals surface area contributed by atoms with Crippen molar-refractivity contribution in [3.8, 4) is 0 Å². The molecule has 0 aromatic carbocycles. The molecule has 0 fully saturated rings. The number of aryl methyl sites for hydroxylation is 1. The lowest BCUT2D eigenvalue weighted by Crippen LogP contribution is -2.27. The number of carbonyl (C=O) groups is 1. The van der Waals surface area contributed by atoms with E-state index in [1.165, 1.54) is 4.68 Å². The van der Waals surface area contributed by atoms with Gasteiger partial charge in [-0.25, -0.2) is 9.67 Å². The number of carbonyl (C=O) groups excluding carboxylic acids is 1. The van der Waals surface area contributed by atoms with Crippen molar-refractivity contribution in [2.75, 3.05) is 0 Å². The summed E-state index contributed by atoms with van der Waals surface area (Å²) in [5.74, 6) is -0.130. The largest absolute Gasteiger partial charge is 0.349 e. The number of nitrogens with two attached hydrogens (primary N) is 1. The van der Waals surface area contributed by atoms with Crippen LogP contribution < -0.4 is 11.1 Å². The molecular formula is C10H14N6OS. The fourth-order valence-electron chi connectivity index (χ4n) is 1.39. The van der Waals surface area contributed by atoms with Gasteiger partial charge < -0.3 is 11.1 Å². The van der Waals surface area contributed by atoms with Crippen molar-refractivity contribution in [1.29, 1.82) is 0 Å². The number of rotatable bonds is 5. The van der Waals surface area contributed by atoms with Gasteiger partial charge in [0.15, 0.2) is 0 Å². The molecule has 2 heterocycles. The molecular weight excluding hydrogens is 252 g/mol. The summed E-state index contributed by atoms with van der Waals surface area (Å²) in [6.07, 6.45) is 1.66. The highest BCUT2D eigenvalue weighted by atomic mass is 32.1. The van der Waals surface area contributed by atoms with Crippen molar-refractivity contribution in [1.82, 2.24) is 25.3 Å². The van der Waals surface area contributed by atoms with Crippen LogP contribution in [0.15, 0.2) is 11.6 Å². The molecule has 0 saturated heterocycles. The van der Waals surface area contributed by atoms with Crippen molar-refractivity contribution in [2.24, 2.45) is 5.73 Å². The Bertz CT molecular complexity index is 534. The van der Waals surface area contributed by atoms with Crippen molar-refractivity contribution in [3.05, 3.63) is 28.0 Å². The predicted molar refractivity (Wildman–Crippen MR) is 66.6 cm³/mol. The van der Waals surface area contributed by atoms with Gasteiger partial charge in [0, 0.05) is 11.9 Å². The van der Waals surface area contributed by atoms with Crippen LogP contribution in [0.3, 0.4) is 0 Å². The summed E-state index contributed by atoms with van der Waals surface area (Å²) in [4.78, 5) is 15.9. The second-order valence-electron chi connectivity index (χ2n) is 3.75. The van der Waals surface area contributed by atoms with Gasteiger partial charge in [0.05, 0.1) is 29.1 Å². The molecule has 0 aliphatic heterocycles. The van der Waals surface area contributed by atoms with Crippen LogP contribution in [0, 0.1) is 6.92 Å². The fraction of sp³-hybridized carbons (Fsp3) is 0.400. The maximum absolute atomic E-state index is 11.6. The lowest BCUT2D eigenvalue weighted by molar-refractivity contribution is -0.122. The number of nitrogens with zero attached hydrogens (tertiary/aromatic N) is 4. The molecule has 2 aromatic rings. The van der Waals surface area contributed by atoms with Crippen LogP contribution in [0.2, 0.25) is 0 Å². The van der Waals surface area contributed by atoms with E-state index in [4.69, 9.17) is 5.73 Å². The van der Waals surface area contributed by atoms with Gasteiger partial charge in [-0.15, -0.1) is 16.4 Å². The molecule has 0 saturated carbocycles. The Hall–Kier alpha value is -1.80. The molecule has 0 atom stereocenters. The standard InChI is InChI=1S/C10H14N6OS/c1-7-13-9(6-18-7)3-12-10(17)5-16-4-8(2-11)14-15-16/h4,6H,2-3,5,11H2,1H3,(H,12,17). The molecule has 0 radical (unpaired) electrons. The second-order valence-corrected chi connectivity index (χ2v) is 4.81. The van der Waals surface area contributed by atoms with Gasteiger partial charge in [-0.2, -0.15) is 0 Å². The van der Waals surface area contributed by atoms with E-state index in [1.54, 1.807) is 17.5 Å². The van der Waals surface area contributed by atoms with E-state index in [-0.39, 0.29) is 12.5 Å². The van der Waals surface area contributed by atoms with Crippen LogP contribution in [0.1, 0.15) is 16.4 Å². The van der Waals surface area contributed by atoms with E-state index in [2.05, 4.69) is 20.6 Å². The number of hydrogen-bond donors (Lipinski definition) is 2. The van der Waals surface area contributed by atoms with Crippen LogP contribution in [-0.2, 0) is 24.4 Å². The quantitative estimate of drug-likeness (QED) is 0.782. The minimum atomic E-state index is -0.130.